The van der Waals surface area contributed by atoms with Gasteiger partial charge < -0.3 is 0 Å². The number of halogens is 1. The zero-order valence-corrected chi connectivity index (χ0v) is 9.86. The van der Waals surface area contributed by atoms with Gasteiger partial charge in [0.05, 0.1) is 0 Å². The normalized spacial score (nSPS) is 11.1. The van der Waals surface area contributed by atoms with Crippen LogP contribution in [-0.4, -0.2) is 23.2 Å². The molecule has 0 fully saturated rings. The van der Waals surface area contributed by atoms with Crippen molar-refractivity contribution >= 4 is 28.4 Å². The molecular weight excluding hydrogens is 226 g/mol. The van der Waals surface area contributed by atoms with Gasteiger partial charge in [-0.1, -0.05) is 30.3 Å². The summed E-state index contributed by atoms with van der Waals surface area (Å²) in [7, 11) is 1.34. The first kappa shape index (κ1) is 12.5. The molecule has 0 N–H and O–H groups in total. The van der Waals surface area contributed by atoms with Gasteiger partial charge in [0.2, 0.25) is 0 Å². The zero-order chi connectivity index (χ0) is 12.1. The second-order valence-corrected chi connectivity index (χ2v) is 3.67. The number of carbonyl (C=O) groups excluding carboxylic acids is 2. The van der Waals surface area contributed by atoms with Gasteiger partial charge in [-0.2, -0.15) is 0 Å². The summed E-state index contributed by atoms with van der Waals surface area (Å²) in [5, 5.41) is -0.790. The minimum absolute atomic E-state index is 0.429. The SMILES string of the molecule is CC(=CC(=O)N(C)C(=O)Cl)c1ccccc1. The van der Waals surface area contributed by atoms with Gasteiger partial charge in [0.25, 0.3) is 5.91 Å². The Balaban J connectivity index is 2.86. The summed E-state index contributed by atoms with van der Waals surface area (Å²) >= 11 is 5.19. The molecule has 0 aliphatic rings. The summed E-state index contributed by atoms with van der Waals surface area (Å²) in [6, 6.07) is 9.44. The van der Waals surface area contributed by atoms with Crippen molar-refractivity contribution in [2.45, 2.75) is 6.92 Å². The molecule has 0 atom stereocenters. The molecule has 1 aromatic rings. The number of carbonyl (C=O) groups is 2. The molecule has 0 radical (unpaired) electrons. The standard InChI is InChI=1S/C12H12ClNO2/c1-9(10-6-4-3-5-7-10)8-11(15)14(2)12(13)16/h3-8H,1-2H3. The van der Waals surface area contributed by atoms with Crippen LogP contribution in [0.25, 0.3) is 5.57 Å². The molecular formula is C12H12ClNO2. The van der Waals surface area contributed by atoms with E-state index in [1.165, 1.54) is 13.1 Å². The van der Waals surface area contributed by atoms with E-state index in [4.69, 9.17) is 11.6 Å². The van der Waals surface area contributed by atoms with E-state index in [1.54, 1.807) is 6.92 Å². The second kappa shape index (κ2) is 5.47. The molecule has 3 nitrogen and oxygen atoms in total. The molecule has 1 rings (SSSR count). The van der Waals surface area contributed by atoms with Gasteiger partial charge in [-0.25, -0.2) is 0 Å². The Morgan fingerprint density at radius 3 is 2.31 bits per heavy atom. The van der Waals surface area contributed by atoms with E-state index in [0.717, 1.165) is 16.0 Å². The summed E-state index contributed by atoms with van der Waals surface area (Å²) < 4.78 is 0. The first-order valence-corrected chi connectivity index (χ1v) is 5.11. The molecule has 0 saturated carbocycles. The molecule has 0 heterocycles. The smallest absolute Gasteiger partial charge is 0.269 e. The third kappa shape index (κ3) is 3.21. The fraction of sp³-hybridized carbons (Fsp3) is 0.167. The van der Waals surface area contributed by atoms with Crippen molar-refractivity contribution in [2.75, 3.05) is 7.05 Å². The fourth-order valence-corrected chi connectivity index (χ4v) is 1.24. The van der Waals surface area contributed by atoms with Crippen LogP contribution in [0.1, 0.15) is 12.5 Å². The molecule has 16 heavy (non-hydrogen) atoms. The lowest BCUT2D eigenvalue weighted by molar-refractivity contribution is -0.121. The van der Waals surface area contributed by atoms with E-state index < -0.39 is 11.3 Å². The number of hydrogen-bond donors (Lipinski definition) is 0. The summed E-state index contributed by atoms with van der Waals surface area (Å²) in [5.41, 5.74) is 1.72. The van der Waals surface area contributed by atoms with Crippen molar-refractivity contribution in [1.29, 1.82) is 0 Å². The molecule has 0 aliphatic heterocycles. The number of nitrogens with zero attached hydrogens (tertiary/aromatic N) is 1. The predicted molar refractivity (Wildman–Crippen MR) is 64.1 cm³/mol. The van der Waals surface area contributed by atoms with E-state index in [1.807, 2.05) is 30.3 Å². The summed E-state index contributed by atoms with van der Waals surface area (Å²) in [6.45, 7) is 1.81. The highest BCUT2D eigenvalue weighted by Gasteiger charge is 2.12. The Morgan fingerprint density at radius 2 is 1.81 bits per heavy atom. The van der Waals surface area contributed by atoms with Crippen molar-refractivity contribution in [3.63, 3.8) is 0 Å². The molecule has 0 spiro atoms. The molecule has 0 saturated heterocycles. The monoisotopic (exact) mass is 237 g/mol. The van der Waals surface area contributed by atoms with Crippen LogP contribution in [0.3, 0.4) is 0 Å². The second-order valence-electron chi connectivity index (χ2n) is 3.34. The van der Waals surface area contributed by atoms with Crippen molar-refractivity contribution < 1.29 is 9.59 Å². The van der Waals surface area contributed by atoms with Gasteiger partial charge >= 0.3 is 5.37 Å². The lowest BCUT2D eigenvalue weighted by Gasteiger charge is -2.09. The molecule has 2 amide bonds. The predicted octanol–water partition coefficient (Wildman–Crippen LogP) is 2.91. The highest BCUT2D eigenvalue weighted by atomic mass is 35.5. The maximum atomic E-state index is 11.5. The van der Waals surface area contributed by atoms with Gasteiger partial charge in [0.15, 0.2) is 0 Å². The number of likely N-dealkylation sites (N-methyl/N-ethyl adjacent to an activating group) is 1. The van der Waals surface area contributed by atoms with Gasteiger partial charge in [-0.15, -0.1) is 0 Å². The minimum Gasteiger partial charge on any atom is -0.269 e. The Morgan fingerprint density at radius 1 is 1.25 bits per heavy atom. The lowest BCUT2D eigenvalue weighted by Crippen LogP contribution is -2.27. The van der Waals surface area contributed by atoms with Crippen molar-refractivity contribution in [3.05, 3.63) is 42.0 Å². The van der Waals surface area contributed by atoms with Gasteiger partial charge in [-0.05, 0) is 29.7 Å². The number of imide groups is 1. The van der Waals surface area contributed by atoms with Crippen LogP contribution < -0.4 is 0 Å². The minimum atomic E-state index is -0.790. The Hall–Kier alpha value is -1.61. The Kier molecular flexibility index (Phi) is 4.26. The van der Waals surface area contributed by atoms with E-state index >= 15 is 0 Å². The van der Waals surface area contributed by atoms with Crippen LogP contribution in [0.2, 0.25) is 0 Å². The topological polar surface area (TPSA) is 37.4 Å². The molecule has 0 unspecified atom stereocenters. The van der Waals surface area contributed by atoms with Gasteiger partial charge in [-0.3, -0.25) is 14.5 Å². The van der Waals surface area contributed by atoms with Crippen LogP contribution in [-0.2, 0) is 4.79 Å². The highest BCUT2D eigenvalue weighted by Crippen LogP contribution is 2.13. The average molecular weight is 238 g/mol. The first-order chi connectivity index (χ1) is 7.52. The van der Waals surface area contributed by atoms with E-state index in [9.17, 15) is 9.59 Å². The van der Waals surface area contributed by atoms with E-state index in [0.29, 0.717) is 0 Å². The third-order valence-electron chi connectivity index (χ3n) is 2.16. The maximum Gasteiger partial charge on any atom is 0.323 e. The fourth-order valence-electron chi connectivity index (χ4n) is 1.15. The quantitative estimate of drug-likeness (QED) is 0.451. The van der Waals surface area contributed by atoms with Crippen LogP contribution in [0.4, 0.5) is 4.79 Å². The molecule has 0 bridgehead atoms. The molecule has 1 aromatic carbocycles. The molecule has 0 aromatic heterocycles. The Labute approximate surface area is 99.3 Å². The maximum absolute atomic E-state index is 11.5. The number of allylic oxidation sites excluding steroid dienone is 1. The van der Waals surface area contributed by atoms with Gasteiger partial charge in [0.1, 0.15) is 0 Å². The van der Waals surface area contributed by atoms with Crippen molar-refractivity contribution in [3.8, 4) is 0 Å². The number of benzene rings is 1. The van der Waals surface area contributed by atoms with Crippen molar-refractivity contribution in [2.24, 2.45) is 0 Å². The Bertz CT molecular complexity index is 426. The van der Waals surface area contributed by atoms with Crippen LogP contribution in [0.5, 0.6) is 0 Å². The summed E-state index contributed by atoms with van der Waals surface area (Å²) in [4.78, 5) is 23.1. The van der Waals surface area contributed by atoms with E-state index in [2.05, 4.69) is 0 Å². The zero-order valence-electron chi connectivity index (χ0n) is 9.11. The number of amides is 2. The molecule has 84 valence electrons. The van der Waals surface area contributed by atoms with Crippen LogP contribution in [0, 0.1) is 0 Å². The molecule has 4 heteroatoms. The largest absolute Gasteiger partial charge is 0.323 e. The molecule has 0 aliphatic carbocycles. The third-order valence-corrected chi connectivity index (χ3v) is 2.42. The van der Waals surface area contributed by atoms with Crippen LogP contribution >= 0.6 is 11.6 Å². The first-order valence-electron chi connectivity index (χ1n) is 4.73. The number of rotatable bonds is 2. The highest BCUT2D eigenvalue weighted by molar-refractivity contribution is 6.64. The average Bonchev–Trinajstić information content (AvgIpc) is 2.28. The summed E-state index contributed by atoms with van der Waals surface area (Å²) in [6.07, 6.45) is 1.38. The van der Waals surface area contributed by atoms with E-state index in [-0.39, 0.29) is 0 Å². The van der Waals surface area contributed by atoms with Crippen LogP contribution in [0.15, 0.2) is 36.4 Å². The lowest BCUT2D eigenvalue weighted by atomic mass is 10.1. The van der Waals surface area contributed by atoms with Crippen molar-refractivity contribution in [1.82, 2.24) is 4.90 Å². The number of hydrogen-bond acceptors (Lipinski definition) is 2. The summed E-state index contributed by atoms with van der Waals surface area (Å²) in [5.74, 6) is -0.429. The van der Waals surface area contributed by atoms with Gasteiger partial charge in [0, 0.05) is 13.1 Å².